The average Bonchev–Trinajstić information content (AvgIpc) is 2.81. The molecule has 2 aliphatic heterocycles. The molecule has 7 nitrogen and oxygen atoms in total. The van der Waals surface area contributed by atoms with Crippen LogP contribution in [0.5, 0.6) is 0 Å². The van der Waals surface area contributed by atoms with Gasteiger partial charge in [0.05, 0.1) is 7.11 Å². The summed E-state index contributed by atoms with van der Waals surface area (Å²) in [6, 6.07) is -1.07. The van der Waals surface area contributed by atoms with Gasteiger partial charge in [-0.3, -0.25) is 19.8 Å². The van der Waals surface area contributed by atoms with E-state index in [0.717, 1.165) is 0 Å². The zero-order valence-electron chi connectivity index (χ0n) is 10.1. The Bertz CT molecular complexity index is 423. The normalized spacial score (nSPS) is 31.3. The van der Waals surface area contributed by atoms with Crippen molar-refractivity contribution in [2.24, 2.45) is 0 Å². The van der Waals surface area contributed by atoms with Gasteiger partial charge in [-0.25, -0.2) is 4.79 Å². The smallest absolute Gasteiger partial charge is 0.323 e. The van der Waals surface area contributed by atoms with Crippen LogP contribution in [0.1, 0.15) is 6.42 Å². The highest BCUT2D eigenvalue weighted by Crippen LogP contribution is 2.30. The minimum atomic E-state index is -1.03. The van der Waals surface area contributed by atoms with E-state index in [1.54, 1.807) is 11.0 Å². The van der Waals surface area contributed by atoms with Gasteiger partial charge >= 0.3 is 12.0 Å². The summed E-state index contributed by atoms with van der Waals surface area (Å²) in [6.07, 6.45) is 1.86. The second-order valence-electron chi connectivity index (χ2n) is 4.45. The maximum absolute atomic E-state index is 11.8. The lowest BCUT2D eigenvalue weighted by Crippen LogP contribution is -2.49. The number of nitrogens with one attached hydrogen (secondary N) is 2. The first kappa shape index (κ1) is 12.6. The summed E-state index contributed by atoms with van der Waals surface area (Å²) in [6.45, 7) is 4.33. The van der Waals surface area contributed by atoms with E-state index >= 15 is 0 Å². The first-order valence-electron chi connectivity index (χ1n) is 5.59. The molecule has 0 bridgehead atoms. The third-order valence-electron chi connectivity index (χ3n) is 3.31. The van der Waals surface area contributed by atoms with Crippen molar-refractivity contribution in [1.82, 2.24) is 15.5 Å². The van der Waals surface area contributed by atoms with E-state index in [-0.39, 0.29) is 13.0 Å². The van der Waals surface area contributed by atoms with Crippen LogP contribution in [0.2, 0.25) is 0 Å². The average molecular weight is 253 g/mol. The number of imide groups is 1. The Morgan fingerprint density at radius 1 is 1.67 bits per heavy atom. The highest BCUT2D eigenvalue weighted by molar-refractivity contribution is 6.07. The maximum atomic E-state index is 11.8. The molecule has 98 valence electrons. The van der Waals surface area contributed by atoms with E-state index in [1.165, 1.54) is 7.11 Å². The molecule has 2 saturated heterocycles. The van der Waals surface area contributed by atoms with Crippen molar-refractivity contribution in [3.8, 4) is 0 Å². The van der Waals surface area contributed by atoms with Crippen molar-refractivity contribution in [1.29, 1.82) is 0 Å². The van der Waals surface area contributed by atoms with Crippen LogP contribution in [0.25, 0.3) is 0 Å². The highest BCUT2D eigenvalue weighted by atomic mass is 16.5. The van der Waals surface area contributed by atoms with E-state index in [4.69, 9.17) is 4.74 Å². The Labute approximate surface area is 104 Å². The van der Waals surface area contributed by atoms with Crippen LogP contribution in [0, 0.1) is 0 Å². The topological polar surface area (TPSA) is 87.7 Å². The number of ether oxygens (including phenoxy) is 1. The molecule has 2 N–H and O–H groups in total. The number of rotatable bonds is 3. The van der Waals surface area contributed by atoms with Gasteiger partial charge in [0.25, 0.3) is 5.91 Å². The van der Waals surface area contributed by atoms with Crippen LogP contribution in [-0.2, 0) is 14.3 Å². The number of carbonyl (C=O) groups excluding carboxylic acids is 3. The lowest BCUT2D eigenvalue weighted by Gasteiger charge is -2.20. The van der Waals surface area contributed by atoms with Crippen LogP contribution in [-0.4, -0.2) is 54.6 Å². The molecule has 0 aromatic heterocycles. The number of methoxy groups -OCH3 is 1. The monoisotopic (exact) mass is 253 g/mol. The minimum Gasteiger partial charge on any atom is -0.468 e. The van der Waals surface area contributed by atoms with Crippen LogP contribution >= 0.6 is 0 Å². The van der Waals surface area contributed by atoms with Crippen molar-refractivity contribution in [3.05, 3.63) is 12.7 Å². The lowest BCUT2D eigenvalue weighted by molar-refractivity contribution is -0.145. The summed E-state index contributed by atoms with van der Waals surface area (Å²) in [5.41, 5.74) is -1.03. The zero-order chi connectivity index (χ0) is 13.3. The quantitative estimate of drug-likeness (QED) is 0.382. The van der Waals surface area contributed by atoms with E-state index < -0.39 is 29.5 Å². The number of esters is 1. The molecule has 0 unspecified atom stereocenters. The predicted octanol–water partition coefficient (Wildman–Crippen LogP) is -1.00. The van der Waals surface area contributed by atoms with Crippen LogP contribution in [0.3, 0.4) is 0 Å². The molecule has 0 radical (unpaired) electrons. The van der Waals surface area contributed by atoms with Gasteiger partial charge in [-0.15, -0.1) is 6.58 Å². The Morgan fingerprint density at radius 2 is 2.39 bits per heavy atom. The number of urea groups is 1. The molecule has 1 spiro atoms. The third-order valence-corrected chi connectivity index (χ3v) is 3.31. The molecular weight excluding hydrogens is 238 g/mol. The fourth-order valence-corrected chi connectivity index (χ4v) is 2.49. The molecule has 2 aliphatic rings. The molecular formula is C11H15N3O4. The standard InChI is InChI=1S/C11H15N3O4/c1-3-4-14-6-11(5-7(14)8(15)18-2)9(16)12-10(17)13-11/h3,7H,1,4-6H2,2H3,(H2,12,13,16,17)/t7-,11+/m0/s1. The molecule has 7 heteroatoms. The second-order valence-corrected chi connectivity index (χ2v) is 4.45. The van der Waals surface area contributed by atoms with Crippen molar-refractivity contribution in [2.45, 2.75) is 18.0 Å². The highest BCUT2D eigenvalue weighted by Gasteiger charge is 2.55. The second kappa shape index (κ2) is 4.41. The van der Waals surface area contributed by atoms with Crippen molar-refractivity contribution < 1.29 is 19.1 Å². The molecule has 2 rings (SSSR count). The van der Waals surface area contributed by atoms with Gasteiger partial charge in [-0.2, -0.15) is 0 Å². The van der Waals surface area contributed by atoms with Gasteiger partial charge in [0.1, 0.15) is 11.6 Å². The van der Waals surface area contributed by atoms with Crippen LogP contribution in [0.4, 0.5) is 4.79 Å². The lowest BCUT2D eigenvalue weighted by atomic mass is 9.96. The number of hydrogen-bond donors (Lipinski definition) is 2. The summed E-state index contributed by atoms with van der Waals surface area (Å²) >= 11 is 0. The predicted molar refractivity (Wildman–Crippen MR) is 61.6 cm³/mol. The Hall–Kier alpha value is -1.89. The summed E-state index contributed by atoms with van der Waals surface area (Å²) in [7, 11) is 1.30. The summed E-state index contributed by atoms with van der Waals surface area (Å²) in [5.74, 6) is -0.810. The first-order chi connectivity index (χ1) is 8.52. The molecule has 2 atom stereocenters. The van der Waals surface area contributed by atoms with E-state index in [9.17, 15) is 14.4 Å². The number of likely N-dealkylation sites (tertiary alicyclic amines) is 1. The van der Waals surface area contributed by atoms with Gasteiger partial charge in [0.2, 0.25) is 0 Å². The molecule has 0 saturated carbocycles. The SMILES string of the molecule is C=CCN1C[C@@]2(C[C@H]1C(=O)OC)NC(=O)NC2=O. The van der Waals surface area contributed by atoms with Gasteiger partial charge in [0, 0.05) is 19.5 Å². The molecule has 18 heavy (non-hydrogen) atoms. The first-order valence-corrected chi connectivity index (χ1v) is 5.59. The van der Waals surface area contributed by atoms with Crippen molar-refractivity contribution in [2.75, 3.05) is 20.2 Å². The Morgan fingerprint density at radius 3 is 2.89 bits per heavy atom. The Kier molecular flexibility index (Phi) is 3.08. The molecule has 2 heterocycles. The molecule has 0 aromatic rings. The minimum absolute atomic E-state index is 0.213. The largest absolute Gasteiger partial charge is 0.468 e. The summed E-state index contributed by atoms with van der Waals surface area (Å²) < 4.78 is 4.72. The van der Waals surface area contributed by atoms with Gasteiger partial charge < -0.3 is 10.1 Å². The molecule has 3 amide bonds. The van der Waals surface area contributed by atoms with Gasteiger partial charge in [0.15, 0.2) is 0 Å². The maximum Gasteiger partial charge on any atom is 0.323 e. The van der Waals surface area contributed by atoms with Crippen molar-refractivity contribution >= 4 is 17.9 Å². The zero-order valence-corrected chi connectivity index (χ0v) is 10.1. The van der Waals surface area contributed by atoms with E-state index in [1.807, 2.05) is 0 Å². The van der Waals surface area contributed by atoms with Crippen molar-refractivity contribution in [3.63, 3.8) is 0 Å². The number of nitrogens with zero attached hydrogens (tertiary/aromatic N) is 1. The summed E-state index contributed by atoms with van der Waals surface area (Å²) in [5, 5.41) is 4.79. The van der Waals surface area contributed by atoms with E-state index in [2.05, 4.69) is 17.2 Å². The Balaban J connectivity index is 2.23. The number of amides is 3. The number of carbonyl (C=O) groups is 3. The third kappa shape index (κ3) is 1.86. The fourth-order valence-electron chi connectivity index (χ4n) is 2.49. The summed E-state index contributed by atoms with van der Waals surface area (Å²) in [4.78, 5) is 36.5. The van der Waals surface area contributed by atoms with Gasteiger partial charge in [-0.1, -0.05) is 6.08 Å². The van der Waals surface area contributed by atoms with Crippen LogP contribution in [0.15, 0.2) is 12.7 Å². The number of hydrogen-bond acceptors (Lipinski definition) is 5. The molecule has 0 aromatic carbocycles. The molecule has 2 fully saturated rings. The fraction of sp³-hybridized carbons (Fsp3) is 0.545. The van der Waals surface area contributed by atoms with E-state index in [0.29, 0.717) is 6.54 Å². The van der Waals surface area contributed by atoms with Gasteiger partial charge in [-0.05, 0) is 0 Å². The molecule has 0 aliphatic carbocycles. The van der Waals surface area contributed by atoms with Crippen LogP contribution < -0.4 is 10.6 Å².